The number of anilines is 3. The van der Waals surface area contributed by atoms with Gasteiger partial charge in [-0.15, -0.1) is 0 Å². The molecule has 13 rings (SSSR count). The first kappa shape index (κ1) is 37.4. The molecule has 0 fully saturated rings. The summed E-state index contributed by atoms with van der Waals surface area (Å²) in [6, 6.07) is 89.1. The topological polar surface area (TPSA) is 16.4 Å². The fourth-order valence-electron chi connectivity index (χ4n) is 11.5. The van der Waals surface area contributed by atoms with Crippen molar-refractivity contribution in [3.8, 4) is 33.4 Å². The summed E-state index contributed by atoms with van der Waals surface area (Å²) in [6.07, 6.45) is 0. The number of benzene rings is 10. The predicted octanol–water partition coefficient (Wildman–Crippen LogP) is 16.4. The Bertz CT molecular complexity index is 3570. The Morgan fingerprint density at radius 1 is 0.354 bits per heavy atom. The van der Waals surface area contributed by atoms with E-state index in [1.807, 2.05) is 6.07 Å². The zero-order valence-corrected chi connectivity index (χ0v) is 35.9. The maximum absolute atomic E-state index is 6.36. The van der Waals surface area contributed by atoms with E-state index in [0.717, 1.165) is 39.0 Å². The van der Waals surface area contributed by atoms with Crippen molar-refractivity contribution in [3.05, 3.63) is 282 Å². The van der Waals surface area contributed by atoms with E-state index in [4.69, 9.17) is 4.42 Å². The molecule has 1 atom stereocenters. The smallest absolute Gasteiger partial charge is 0.135 e. The van der Waals surface area contributed by atoms with Crippen molar-refractivity contribution in [3.63, 3.8) is 0 Å². The van der Waals surface area contributed by atoms with Crippen LogP contribution in [-0.4, -0.2) is 0 Å². The quantitative estimate of drug-likeness (QED) is 0.159. The number of para-hydroxylation sites is 1. The van der Waals surface area contributed by atoms with E-state index in [1.165, 1.54) is 72.3 Å². The van der Waals surface area contributed by atoms with E-state index in [0.29, 0.717) is 0 Å². The molecule has 0 aliphatic heterocycles. The van der Waals surface area contributed by atoms with Crippen LogP contribution in [-0.2, 0) is 10.8 Å². The lowest BCUT2D eigenvalue weighted by atomic mass is 9.67. The fourth-order valence-corrected chi connectivity index (χ4v) is 11.5. The second-order valence-corrected chi connectivity index (χ2v) is 17.7. The summed E-state index contributed by atoms with van der Waals surface area (Å²) in [5.74, 6) is 0. The maximum Gasteiger partial charge on any atom is 0.135 e. The van der Waals surface area contributed by atoms with Crippen LogP contribution in [0.3, 0.4) is 0 Å². The van der Waals surface area contributed by atoms with E-state index in [1.54, 1.807) is 0 Å². The van der Waals surface area contributed by atoms with E-state index < -0.39 is 5.41 Å². The molecule has 0 radical (unpaired) electrons. The van der Waals surface area contributed by atoms with Crippen LogP contribution in [0, 0.1) is 0 Å². The Hall–Kier alpha value is -8.20. The molecular formula is C63H43NO. The van der Waals surface area contributed by atoms with Gasteiger partial charge in [0.1, 0.15) is 11.2 Å². The third-order valence-corrected chi connectivity index (χ3v) is 14.4. The molecule has 2 heteroatoms. The summed E-state index contributed by atoms with van der Waals surface area (Å²) in [5, 5.41) is 2.21. The number of hydrogen-bond donors (Lipinski definition) is 0. The van der Waals surface area contributed by atoms with Gasteiger partial charge in [0.2, 0.25) is 0 Å². The maximum atomic E-state index is 6.36. The lowest BCUT2D eigenvalue weighted by Gasteiger charge is -2.34. The zero-order valence-electron chi connectivity index (χ0n) is 35.9. The molecule has 2 nitrogen and oxygen atoms in total. The third kappa shape index (κ3) is 5.41. The van der Waals surface area contributed by atoms with Gasteiger partial charge in [-0.25, -0.2) is 0 Å². The Kier molecular flexibility index (Phi) is 8.29. The predicted molar refractivity (Wildman–Crippen MR) is 269 cm³/mol. The van der Waals surface area contributed by atoms with Gasteiger partial charge in [-0.1, -0.05) is 194 Å². The number of fused-ring (bicyclic) bond motifs is 9. The lowest BCUT2D eigenvalue weighted by Crippen LogP contribution is -2.28. The van der Waals surface area contributed by atoms with Crippen LogP contribution >= 0.6 is 0 Å². The number of nitrogens with zero attached hydrogens (tertiary/aromatic N) is 1. The van der Waals surface area contributed by atoms with Crippen molar-refractivity contribution >= 4 is 39.0 Å². The van der Waals surface area contributed by atoms with Gasteiger partial charge >= 0.3 is 0 Å². The number of rotatable bonds is 7. The van der Waals surface area contributed by atoms with Crippen molar-refractivity contribution in [2.24, 2.45) is 0 Å². The van der Waals surface area contributed by atoms with Gasteiger partial charge in [0.15, 0.2) is 0 Å². The molecule has 2 aliphatic carbocycles. The average molecular weight is 830 g/mol. The Labute approximate surface area is 379 Å². The van der Waals surface area contributed by atoms with Crippen molar-refractivity contribution in [1.29, 1.82) is 0 Å². The van der Waals surface area contributed by atoms with Gasteiger partial charge in [0, 0.05) is 33.1 Å². The molecule has 0 N–H and O–H groups in total. The highest BCUT2D eigenvalue weighted by Gasteiger charge is 2.46. The van der Waals surface area contributed by atoms with E-state index >= 15 is 0 Å². The van der Waals surface area contributed by atoms with Gasteiger partial charge < -0.3 is 9.32 Å². The van der Waals surface area contributed by atoms with Crippen LogP contribution in [0.15, 0.2) is 247 Å². The SMILES string of the molecule is CC1(c2ccccc2)c2ccccc2-c2c(N(c3ccc(-c4ccc5c(c4)C(c4ccccc4)(c4ccccc4)c4ccccc4-5)cc3)c3ccc4oc5ccccc5c4c3)cccc21. The van der Waals surface area contributed by atoms with E-state index in [-0.39, 0.29) is 5.41 Å². The van der Waals surface area contributed by atoms with E-state index in [9.17, 15) is 0 Å². The largest absolute Gasteiger partial charge is 0.456 e. The average Bonchev–Trinajstić information content (AvgIpc) is 3.99. The van der Waals surface area contributed by atoms with Crippen LogP contribution < -0.4 is 4.90 Å². The van der Waals surface area contributed by atoms with Crippen molar-refractivity contribution in [1.82, 2.24) is 0 Å². The molecule has 0 saturated heterocycles. The van der Waals surface area contributed by atoms with Crippen LogP contribution in [0.5, 0.6) is 0 Å². The van der Waals surface area contributed by atoms with Crippen molar-refractivity contribution in [2.75, 3.05) is 4.90 Å². The molecule has 0 amide bonds. The van der Waals surface area contributed by atoms with Gasteiger partial charge in [-0.2, -0.15) is 0 Å². The molecular weight excluding hydrogens is 787 g/mol. The molecule has 2 aliphatic rings. The molecule has 0 saturated carbocycles. The summed E-state index contributed by atoms with van der Waals surface area (Å²) < 4.78 is 6.36. The normalized spacial score (nSPS) is 15.3. The molecule has 0 spiro atoms. The molecule has 1 aromatic heterocycles. The highest BCUT2D eigenvalue weighted by Crippen LogP contribution is 2.58. The molecule has 10 aromatic carbocycles. The summed E-state index contributed by atoms with van der Waals surface area (Å²) in [4.78, 5) is 2.45. The first-order valence-corrected chi connectivity index (χ1v) is 22.6. The van der Waals surface area contributed by atoms with Gasteiger partial charge in [0.25, 0.3) is 0 Å². The minimum atomic E-state index is -0.463. The summed E-state index contributed by atoms with van der Waals surface area (Å²) >= 11 is 0. The monoisotopic (exact) mass is 829 g/mol. The first-order valence-electron chi connectivity index (χ1n) is 22.6. The van der Waals surface area contributed by atoms with Crippen molar-refractivity contribution in [2.45, 2.75) is 17.8 Å². The molecule has 306 valence electrons. The molecule has 1 heterocycles. The summed E-state index contributed by atoms with van der Waals surface area (Å²) in [7, 11) is 0. The Balaban J connectivity index is 0.997. The fraction of sp³-hybridized carbons (Fsp3) is 0.0476. The molecule has 1 unspecified atom stereocenters. The molecule has 0 bridgehead atoms. The van der Waals surface area contributed by atoms with Gasteiger partial charge in [0.05, 0.1) is 11.1 Å². The lowest BCUT2D eigenvalue weighted by molar-refractivity contribution is 0.669. The number of furan rings is 1. The Morgan fingerprint density at radius 3 is 1.65 bits per heavy atom. The number of hydrogen-bond acceptors (Lipinski definition) is 2. The van der Waals surface area contributed by atoms with Gasteiger partial charge in [-0.3, -0.25) is 0 Å². The van der Waals surface area contributed by atoms with Crippen LogP contribution in [0.25, 0.3) is 55.3 Å². The molecule has 65 heavy (non-hydrogen) atoms. The second kappa shape index (κ2) is 14.4. The highest BCUT2D eigenvalue weighted by molar-refractivity contribution is 6.07. The third-order valence-electron chi connectivity index (χ3n) is 14.4. The summed E-state index contributed by atoms with van der Waals surface area (Å²) in [6.45, 7) is 2.39. The zero-order chi connectivity index (χ0) is 43.1. The highest BCUT2D eigenvalue weighted by atomic mass is 16.3. The van der Waals surface area contributed by atoms with E-state index in [2.05, 4.69) is 248 Å². The van der Waals surface area contributed by atoms with Crippen LogP contribution in [0.2, 0.25) is 0 Å². The second-order valence-electron chi connectivity index (χ2n) is 17.7. The standard InChI is InChI=1S/C63H43NO/c1-62(44-18-5-2-6-19-44)54-27-14-12-26-52(54)61-56(62)29-17-30-58(61)64(48-37-39-60-53(41-48)51-25-13-16-31-59(51)65-60)47-35-32-42(33-36-47)43-34-38-50-49-24-11-15-28-55(49)63(57(50)40-43,45-20-7-3-8-21-45)46-22-9-4-10-23-46/h2-41H,1H3. The Morgan fingerprint density at radius 2 is 0.908 bits per heavy atom. The molecule has 11 aromatic rings. The van der Waals surface area contributed by atoms with Crippen molar-refractivity contribution < 1.29 is 4.42 Å². The minimum Gasteiger partial charge on any atom is -0.456 e. The van der Waals surface area contributed by atoms with Crippen LogP contribution in [0.1, 0.15) is 45.9 Å². The van der Waals surface area contributed by atoms with Gasteiger partial charge in [-0.05, 0) is 122 Å². The minimum absolute atomic E-state index is 0.328. The van der Waals surface area contributed by atoms with Crippen LogP contribution in [0.4, 0.5) is 17.1 Å². The first-order chi connectivity index (χ1) is 32.1. The summed E-state index contributed by atoms with van der Waals surface area (Å²) in [5.41, 5.74) is 20.8.